The largest absolute Gasteiger partial charge is 0.309 e. The van der Waals surface area contributed by atoms with Crippen LogP contribution in [0, 0.1) is 13.8 Å². The summed E-state index contributed by atoms with van der Waals surface area (Å²) in [6.07, 6.45) is 2.75. The van der Waals surface area contributed by atoms with Crippen LogP contribution in [-0.4, -0.2) is 16.5 Å². The predicted octanol–water partition coefficient (Wildman–Crippen LogP) is 3.05. The quantitative estimate of drug-likeness (QED) is 0.899. The minimum Gasteiger partial charge on any atom is -0.309 e. The first-order chi connectivity index (χ1) is 8.70. The van der Waals surface area contributed by atoms with E-state index in [1.807, 2.05) is 19.2 Å². The molecule has 3 nitrogen and oxygen atoms in total. The van der Waals surface area contributed by atoms with Gasteiger partial charge in [0.15, 0.2) is 0 Å². The molecule has 0 amide bonds. The second kappa shape index (κ2) is 6.07. The normalized spacial score (nSPS) is 12.6. The van der Waals surface area contributed by atoms with E-state index in [1.165, 1.54) is 5.56 Å². The van der Waals surface area contributed by atoms with Gasteiger partial charge in [0.25, 0.3) is 0 Å². The Kier molecular flexibility index (Phi) is 4.44. The fourth-order valence-corrected chi connectivity index (χ4v) is 2.66. The lowest BCUT2D eigenvalue weighted by Crippen LogP contribution is -2.24. The van der Waals surface area contributed by atoms with Gasteiger partial charge in [-0.2, -0.15) is 0 Å². The van der Waals surface area contributed by atoms with Gasteiger partial charge in [-0.05, 0) is 32.0 Å². The lowest BCUT2D eigenvalue weighted by atomic mass is 10.0. The molecule has 0 saturated heterocycles. The fraction of sp³-hybridized carbons (Fsp3) is 0.429. The third kappa shape index (κ3) is 3.15. The molecule has 2 rings (SSSR count). The Hall–Kier alpha value is -1.26. The summed E-state index contributed by atoms with van der Waals surface area (Å²) in [6.45, 7) is 7.21. The fourth-order valence-electron chi connectivity index (χ4n) is 1.99. The van der Waals surface area contributed by atoms with Crippen LogP contribution in [0.2, 0.25) is 0 Å². The van der Waals surface area contributed by atoms with Crippen LogP contribution in [0.1, 0.15) is 34.9 Å². The Labute approximate surface area is 112 Å². The van der Waals surface area contributed by atoms with Gasteiger partial charge < -0.3 is 5.32 Å². The number of aromatic nitrogens is 2. The second-order valence-electron chi connectivity index (χ2n) is 4.37. The highest BCUT2D eigenvalue weighted by atomic mass is 32.1. The molecule has 1 atom stereocenters. The zero-order valence-electron chi connectivity index (χ0n) is 11.1. The average Bonchev–Trinajstić information content (AvgIpc) is 2.78. The van der Waals surface area contributed by atoms with Crippen molar-refractivity contribution in [2.24, 2.45) is 0 Å². The summed E-state index contributed by atoms with van der Waals surface area (Å²) in [5.74, 6) is 0. The molecule has 0 fully saturated rings. The summed E-state index contributed by atoms with van der Waals surface area (Å²) in [5.41, 5.74) is 3.52. The molecule has 0 bridgehead atoms. The molecular weight excluding hydrogens is 242 g/mol. The molecule has 0 aliphatic carbocycles. The Morgan fingerprint density at radius 2 is 2.22 bits per heavy atom. The highest BCUT2D eigenvalue weighted by Gasteiger charge is 2.15. The topological polar surface area (TPSA) is 37.8 Å². The highest BCUT2D eigenvalue weighted by Crippen LogP contribution is 2.20. The molecule has 0 spiro atoms. The first-order valence-electron chi connectivity index (χ1n) is 6.26. The van der Waals surface area contributed by atoms with Gasteiger partial charge >= 0.3 is 0 Å². The summed E-state index contributed by atoms with van der Waals surface area (Å²) >= 11 is 1.70. The van der Waals surface area contributed by atoms with Gasteiger partial charge in [0, 0.05) is 23.7 Å². The van der Waals surface area contributed by atoms with E-state index in [0.717, 1.165) is 29.4 Å². The van der Waals surface area contributed by atoms with Crippen LogP contribution in [0.4, 0.5) is 0 Å². The number of thiazole rings is 1. The molecule has 2 heterocycles. The average molecular weight is 261 g/mol. The van der Waals surface area contributed by atoms with Gasteiger partial charge in [0.2, 0.25) is 0 Å². The molecule has 0 saturated carbocycles. The van der Waals surface area contributed by atoms with E-state index >= 15 is 0 Å². The van der Waals surface area contributed by atoms with Crippen LogP contribution >= 0.6 is 11.3 Å². The van der Waals surface area contributed by atoms with Crippen LogP contribution in [0.3, 0.4) is 0 Å². The first kappa shape index (κ1) is 13.2. The number of nitrogens with zero attached hydrogens (tertiary/aromatic N) is 2. The maximum Gasteiger partial charge on any atom is 0.0898 e. The molecule has 1 N–H and O–H groups in total. The van der Waals surface area contributed by atoms with Crippen molar-refractivity contribution in [1.29, 1.82) is 0 Å². The van der Waals surface area contributed by atoms with Gasteiger partial charge in [-0.25, -0.2) is 4.98 Å². The molecule has 1 unspecified atom stereocenters. The third-order valence-corrected chi connectivity index (χ3v) is 3.75. The van der Waals surface area contributed by atoms with Crippen LogP contribution in [0.15, 0.2) is 23.7 Å². The molecule has 2 aromatic heterocycles. The van der Waals surface area contributed by atoms with Crippen molar-refractivity contribution in [2.75, 3.05) is 6.54 Å². The third-order valence-electron chi connectivity index (χ3n) is 2.96. The van der Waals surface area contributed by atoms with Gasteiger partial charge in [0.05, 0.1) is 16.7 Å². The van der Waals surface area contributed by atoms with Crippen molar-refractivity contribution in [2.45, 2.75) is 33.2 Å². The van der Waals surface area contributed by atoms with Gasteiger partial charge in [-0.15, -0.1) is 11.3 Å². The molecule has 18 heavy (non-hydrogen) atoms. The van der Waals surface area contributed by atoms with E-state index in [9.17, 15) is 0 Å². The van der Waals surface area contributed by atoms with Gasteiger partial charge in [-0.3, -0.25) is 4.98 Å². The highest BCUT2D eigenvalue weighted by molar-refractivity contribution is 7.09. The molecule has 0 radical (unpaired) electrons. The minimum absolute atomic E-state index is 0.258. The van der Waals surface area contributed by atoms with Crippen LogP contribution in [0.5, 0.6) is 0 Å². The monoisotopic (exact) mass is 261 g/mol. The summed E-state index contributed by atoms with van der Waals surface area (Å²) in [4.78, 5) is 9.05. The van der Waals surface area contributed by atoms with Crippen LogP contribution in [0.25, 0.3) is 0 Å². The molecule has 0 aliphatic rings. The number of hydrogen-bond donors (Lipinski definition) is 1. The Morgan fingerprint density at radius 3 is 2.83 bits per heavy atom. The van der Waals surface area contributed by atoms with E-state index in [-0.39, 0.29) is 6.04 Å². The van der Waals surface area contributed by atoms with Crippen LogP contribution in [-0.2, 0) is 6.42 Å². The van der Waals surface area contributed by atoms with E-state index < -0.39 is 0 Å². The number of nitrogens with one attached hydrogen (secondary N) is 1. The van der Waals surface area contributed by atoms with Gasteiger partial charge in [-0.1, -0.05) is 13.0 Å². The molecule has 4 heteroatoms. The molecule has 0 aromatic carbocycles. The van der Waals surface area contributed by atoms with Crippen molar-refractivity contribution in [3.05, 3.63) is 45.7 Å². The van der Waals surface area contributed by atoms with Crippen molar-refractivity contribution < 1.29 is 0 Å². The summed E-state index contributed by atoms with van der Waals surface area (Å²) in [6, 6.07) is 4.35. The van der Waals surface area contributed by atoms with Crippen molar-refractivity contribution in [1.82, 2.24) is 15.3 Å². The number of aryl methyl sites for hydroxylation is 2. The van der Waals surface area contributed by atoms with Gasteiger partial charge in [0.1, 0.15) is 0 Å². The maximum absolute atomic E-state index is 4.58. The number of pyridine rings is 1. The first-order valence-corrected chi connectivity index (χ1v) is 7.14. The minimum atomic E-state index is 0.258. The zero-order chi connectivity index (χ0) is 13.0. The lowest BCUT2D eigenvalue weighted by Gasteiger charge is -2.16. The lowest BCUT2D eigenvalue weighted by molar-refractivity contribution is 0.532. The maximum atomic E-state index is 4.58. The number of likely N-dealkylation sites (N-methyl/N-ethyl adjacent to an activating group) is 1. The van der Waals surface area contributed by atoms with E-state index in [1.54, 1.807) is 11.3 Å². The van der Waals surface area contributed by atoms with E-state index in [0.29, 0.717) is 0 Å². The Morgan fingerprint density at radius 1 is 1.39 bits per heavy atom. The molecule has 96 valence electrons. The van der Waals surface area contributed by atoms with Crippen LogP contribution < -0.4 is 5.32 Å². The Balaban J connectivity index is 2.19. The predicted molar refractivity (Wildman–Crippen MR) is 75.9 cm³/mol. The van der Waals surface area contributed by atoms with Crippen molar-refractivity contribution >= 4 is 11.3 Å². The summed E-state index contributed by atoms with van der Waals surface area (Å²) < 4.78 is 0. The number of rotatable bonds is 5. The molecule has 0 aliphatic heterocycles. The van der Waals surface area contributed by atoms with Crippen molar-refractivity contribution in [3.63, 3.8) is 0 Å². The zero-order valence-corrected chi connectivity index (χ0v) is 11.9. The number of hydrogen-bond acceptors (Lipinski definition) is 4. The molecular formula is C14H19N3S. The summed E-state index contributed by atoms with van der Waals surface area (Å²) in [5, 5.41) is 6.75. The van der Waals surface area contributed by atoms with E-state index in [4.69, 9.17) is 0 Å². The molecule has 2 aromatic rings. The van der Waals surface area contributed by atoms with Crippen molar-refractivity contribution in [3.8, 4) is 0 Å². The Bertz CT molecular complexity index is 507. The summed E-state index contributed by atoms with van der Waals surface area (Å²) in [7, 11) is 0. The SMILES string of the molecule is CCNC(Cc1ncccc1C)c1csc(C)n1. The van der Waals surface area contributed by atoms with E-state index in [2.05, 4.69) is 40.6 Å². The second-order valence-corrected chi connectivity index (χ2v) is 5.43. The smallest absolute Gasteiger partial charge is 0.0898 e. The standard InChI is InChI=1S/C14H19N3S/c1-4-15-13(14-9-18-11(3)17-14)8-12-10(2)6-5-7-16-12/h5-7,9,13,15H,4,8H2,1-3H3.